The van der Waals surface area contributed by atoms with Crippen molar-refractivity contribution in [1.29, 1.82) is 0 Å². The number of nitrogens with one attached hydrogen (secondary N) is 2. The standard InChI is InChI=1S/C24H19N3O6S.C2HF3O2/c1-14-12-15(18-4-2-3-5-19(18)25-14)13-33-16-6-8-17(9-7-16)34(30,31)20-10-11-32-22(20)21-23(28)27-24(29)26-21;3-2(4,5)1(6)7/h2-12,21H,13H2,1H3,(H2,26,27,28,29);(H,6,7). The number of imide groups is 1. The van der Waals surface area contributed by atoms with Gasteiger partial charge in [-0.1, -0.05) is 18.2 Å². The summed E-state index contributed by atoms with van der Waals surface area (Å²) in [5.74, 6) is -3.09. The van der Waals surface area contributed by atoms with Crippen LogP contribution in [0.25, 0.3) is 10.9 Å². The fourth-order valence-corrected chi connectivity index (χ4v) is 5.27. The first-order valence-electron chi connectivity index (χ1n) is 11.6. The summed E-state index contributed by atoms with van der Waals surface area (Å²) in [5, 5.41) is 12.5. The van der Waals surface area contributed by atoms with Crippen LogP contribution in [0.4, 0.5) is 18.0 Å². The molecular weight excluding hydrogens is 571 g/mol. The van der Waals surface area contributed by atoms with Crippen molar-refractivity contribution in [3.63, 3.8) is 0 Å². The number of hydrogen-bond donors (Lipinski definition) is 3. The number of rotatable bonds is 6. The highest BCUT2D eigenvalue weighted by atomic mass is 32.2. The minimum Gasteiger partial charge on any atom is -0.489 e. The Morgan fingerprint density at radius 1 is 1.10 bits per heavy atom. The normalized spacial score (nSPS) is 15.1. The highest BCUT2D eigenvalue weighted by Crippen LogP contribution is 2.31. The quantitative estimate of drug-likeness (QED) is 0.280. The van der Waals surface area contributed by atoms with Crippen molar-refractivity contribution >= 4 is 38.6 Å². The third-order valence-electron chi connectivity index (χ3n) is 5.68. The molecule has 0 aliphatic carbocycles. The topological polar surface area (TPSA) is 165 Å². The van der Waals surface area contributed by atoms with Gasteiger partial charge in [0.05, 0.1) is 16.7 Å². The van der Waals surface area contributed by atoms with Gasteiger partial charge >= 0.3 is 18.2 Å². The summed E-state index contributed by atoms with van der Waals surface area (Å²) < 4.78 is 69.3. The first-order chi connectivity index (χ1) is 19.3. The molecule has 2 aromatic heterocycles. The fourth-order valence-electron chi connectivity index (χ4n) is 3.86. The third-order valence-corrected chi connectivity index (χ3v) is 7.49. The number of nitrogens with zero attached hydrogens (tertiary/aromatic N) is 1. The largest absolute Gasteiger partial charge is 0.490 e. The second-order valence-corrected chi connectivity index (χ2v) is 10.5. The summed E-state index contributed by atoms with van der Waals surface area (Å²) in [4.78, 5) is 36.6. The van der Waals surface area contributed by atoms with Gasteiger partial charge in [0.1, 0.15) is 17.3 Å². The number of benzene rings is 2. The maximum absolute atomic E-state index is 13.2. The van der Waals surface area contributed by atoms with E-state index in [-0.39, 0.29) is 15.6 Å². The van der Waals surface area contributed by atoms with Crippen LogP contribution >= 0.6 is 0 Å². The van der Waals surface area contributed by atoms with Gasteiger partial charge in [-0.2, -0.15) is 13.2 Å². The maximum Gasteiger partial charge on any atom is 0.490 e. The summed E-state index contributed by atoms with van der Waals surface area (Å²) in [5.41, 5.74) is 2.73. The van der Waals surface area contributed by atoms with Crippen LogP contribution < -0.4 is 15.4 Å². The van der Waals surface area contributed by atoms with Crippen LogP contribution in [0.3, 0.4) is 0 Å². The SMILES string of the molecule is Cc1cc(COc2ccc(S(=O)(=O)c3ccoc3C3NC(=O)NC3=O)cc2)c2ccccc2n1.O=C(O)C(F)(F)F. The van der Waals surface area contributed by atoms with Crippen LogP contribution in [-0.2, 0) is 26.0 Å². The van der Waals surface area contributed by atoms with E-state index in [4.69, 9.17) is 19.1 Å². The second-order valence-electron chi connectivity index (χ2n) is 8.55. The number of ether oxygens (including phenoxy) is 1. The molecule has 0 radical (unpaired) electrons. The number of carboxylic acids is 1. The molecule has 1 atom stereocenters. The number of sulfone groups is 1. The van der Waals surface area contributed by atoms with E-state index >= 15 is 0 Å². The molecule has 3 heterocycles. The number of carbonyl (C=O) groups is 3. The number of amides is 3. The van der Waals surface area contributed by atoms with Gasteiger partial charge in [0, 0.05) is 16.6 Å². The van der Waals surface area contributed by atoms with Gasteiger partial charge in [-0.05, 0) is 49.4 Å². The lowest BCUT2D eigenvalue weighted by Gasteiger charge is -2.11. The Labute approximate surface area is 229 Å². The number of alkyl halides is 3. The van der Waals surface area contributed by atoms with E-state index in [1.165, 1.54) is 24.5 Å². The number of aromatic nitrogens is 1. The monoisotopic (exact) mass is 591 g/mol. The number of carboxylic acid groups (broad SMARTS) is 1. The average Bonchev–Trinajstić information content (AvgIpc) is 3.53. The number of halogens is 3. The third kappa shape index (κ3) is 6.46. The molecule has 11 nitrogen and oxygen atoms in total. The Balaban J connectivity index is 0.000000493. The molecule has 3 N–H and O–H groups in total. The number of urea groups is 1. The van der Waals surface area contributed by atoms with Gasteiger partial charge < -0.3 is 19.6 Å². The van der Waals surface area contributed by atoms with E-state index in [9.17, 15) is 31.2 Å². The number of pyridine rings is 1. The van der Waals surface area contributed by atoms with E-state index < -0.39 is 40.0 Å². The predicted molar refractivity (Wildman–Crippen MR) is 135 cm³/mol. The van der Waals surface area contributed by atoms with Gasteiger partial charge in [-0.3, -0.25) is 15.1 Å². The molecule has 1 unspecified atom stereocenters. The Bertz CT molecular complexity index is 1730. The fraction of sp³-hybridized carbons (Fsp3) is 0.154. The molecule has 1 aliphatic heterocycles. The van der Waals surface area contributed by atoms with Crippen LogP contribution in [0.2, 0.25) is 0 Å². The lowest BCUT2D eigenvalue weighted by molar-refractivity contribution is -0.192. The van der Waals surface area contributed by atoms with Crippen molar-refractivity contribution in [3.8, 4) is 5.75 Å². The minimum absolute atomic E-state index is 0.00237. The number of fused-ring (bicyclic) bond motifs is 1. The number of hydrogen-bond acceptors (Lipinski definition) is 8. The molecule has 214 valence electrons. The van der Waals surface area contributed by atoms with Crippen molar-refractivity contribution in [2.24, 2.45) is 0 Å². The van der Waals surface area contributed by atoms with Gasteiger partial charge in [0.2, 0.25) is 9.84 Å². The molecule has 15 heteroatoms. The molecule has 0 saturated carbocycles. The summed E-state index contributed by atoms with van der Waals surface area (Å²) in [6.07, 6.45) is -3.92. The van der Waals surface area contributed by atoms with Crippen molar-refractivity contribution in [3.05, 3.63) is 83.9 Å². The number of aryl methyl sites for hydroxylation is 1. The number of carbonyl (C=O) groups excluding carboxylic acids is 2. The molecule has 1 fully saturated rings. The average molecular weight is 592 g/mol. The number of aliphatic carboxylic acids is 1. The van der Waals surface area contributed by atoms with E-state index in [1.807, 2.05) is 37.3 Å². The molecular formula is C26H20F3N3O8S. The second kappa shape index (κ2) is 11.3. The van der Waals surface area contributed by atoms with Gasteiger partial charge in [0.15, 0.2) is 11.8 Å². The molecule has 0 bridgehead atoms. The number of para-hydroxylation sites is 1. The first kappa shape index (κ1) is 29.1. The van der Waals surface area contributed by atoms with Crippen LogP contribution in [0.5, 0.6) is 5.75 Å². The lowest BCUT2D eigenvalue weighted by atomic mass is 10.1. The van der Waals surface area contributed by atoms with Crippen LogP contribution in [0.1, 0.15) is 23.1 Å². The van der Waals surface area contributed by atoms with Crippen LogP contribution in [0, 0.1) is 6.92 Å². The highest BCUT2D eigenvalue weighted by molar-refractivity contribution is 7.91. The van der Waals surface area contributed by atoms with Crippen LogP contribution in [0.15, 0.2) is 81.1 Å². The molecule has 41 heavy (non-hydrogen) atoms. The summed E-state index contributed by atoms with van der Waals surface area (Å²) in [7, 11) is -4.01. The summed E-state index contributed by atoms with van der Waals surface area (Å²) in [6.45, 7) is 2.21. The Kier molecular flexibility index (Phi) is 8.00. The predicted octanol–water partition coefficient (Wildman–Crippen LogP) is 4.06. The van der Waals surface area contributed by atoms with Crippen LogP contribution in [-0.4, -0.2) is 42.6 Å². The Hall–Kier alpha value is -4.92. The van der Waals surface area contributed by atoms with Crippen molar-refractivity contribution in [1.82, 2.24) is 15.6 Å². The molecule has 0 spiro atoms. The minimum atomic E-state index is -5.08. The van der Waals surface area contributed by atoms with E-state index in [2.05, 4.69) is 15.6 Å². The van der Waals surface area contributed by atoms with Crippen molar-refractivity contribution < 1.29 is 50.2 Å². The molecule has 4 aromatic rings. The summed E-state index contributed by atoms with van der Waals surface area (Å²) >= 11 is 0. The Morgan fingerprint density at radius 3 is 2.37 bits per heavy atom. The summed E-state index contributed by atoms with van der Waals surface area (Å²) in [6, 6.07) is 15.0. The molecule has 5 rings (SSSR count). The van der Waals surface area contributed by atoms with E-state index in [0.29, 0.717) is 12.4 Å². The molecule has 1 aliphatic rings. The zero-order valence-corrected chi connectivity index (χ0v) is 21.7. The Morgan fingerprint density at radius 2 is 1.76 bits per heavy atom. The van der Waals surface area contributed by atoms with Gasteiger partial charge in [-0.15, -0.1) is 0 Å². The molecule has 2 aromatic carbocycles. The lowest BCUT2D eigenvalue weighted by Crippen LogP contribution is -2.22. The van der Waals surface area contributed by atoms with Crippen molar-refractivity contribution in [2.45, 2.75) is 35.5 Å². The first-order valence-corrected chi connectivity index (χ1v) is 13.1. The van der Waals surface area contributed by atoms with Crippen molar-refractivity contribution in [2.75, 3.05) is 0 Å². The van der Waals surface area contributed by atoms with E-state index in [1.54, 1.807) is 12.1 Å². The highest BCUT2D eigenvalue weighted by Gasteiger charge is 2.39. The molecule has 3 amide bonds. The zero-order valence-electron chi connectivity index (χ0n) is 20.9. The van der Waals surface area contributed by atoms with E-state index in [0.717, 1.165) is 22.2 Å². The zero-order chi connectivity index (χ0) is 29.9. The van der Waals surface area contributed by atoms with Gasteiger partial charge in [-0.25, -0.2) is 18.0 Å². The van der Waals surface area contributed by atoms with Gasteiger partial charge in [0.25, 0.3) is 5.91 Å². The molecule has 1 saturated heterocycles. The maximum atomic E-state index is 13.2. The smallest absolute Gasteiger partial charge is 0.489 e. The number of furan rings is 1.